The fraction of sp³-hybridized carbons (Fsp3) is 0.235. The Morgan fingerprint density at radius 2 is 1.95 bits per heavy atom. The topological polar surface area (TPSA) is 35.8 Å². The molecule has 0 saturated heterocycles. The highest BCUT2D eigenvalue weighted by molar-refractivity contribution is 7.98. The smallest absolute Gasteiger partial charge is 0.123 e. The van der Waals surface area contributed by atoms with Gasteiger partial charge in [0.2, 0.25) is 0 Å². The molecule has 0 bridgehead atoms. The molecule has 21 heavy (non-hydrogen) atoms. The summed E-state index contributed by atoms with van der Waals surface area (Å²) in [6.45, 7) is 3.90. The van der Waals surface area contributed by atoms with Gasteiger partial charge in [0.25, 0.3) is 0 Å². The van der Waals surface area contributed by atoms with Crippen LogP contribution >= 0.6 is 11.8 Å². The Bertz CT molecular complexity index is 632. The van der Waals surface area contributed by atoms with E-state index < -0.39 is 0 Å². The predicted molar refractivity (Wildman–Crippen MR) is 84.5 cm³/mol. The van der Waals surface area contributed by atoms with Gasteiger partial charge in [0.05, 0.1) is 11.6 Å². The van der Waals surface area contributed by atoms with Gasteiger partial charge in [-0.05, 0) is 48.0 Å². The summed E-state index contributed by atoms with van der Waals surface area (Å²) >= 11 is 1.61. The van der Waals surface area contributed by atoms with Crippen LogP contribution in [0.15, 0.2) is 47.4 Å². The first kappa shape index (κ1) is 15.6. The van der Waals surface area contributed by atoms with Gasteiger partial charge in [0.1, 0.15) is 5.82 Å². The summed E-state index contributed by atoms with van der Waals surface area (Å²) in [6, 6.07) is 14.7. The first-order valence-corrected chi connectivity index (χ1v) is 7.82. The Balaban J connectivity index is 2.00. The molecule has 0 radical (unpaired) electrons. The van der Waals surface area contributed by atoms with Crippen molar-refractivity contribution in [2.75, 3.05) is 6.54 Å². The van der Waals surface area contributed by atoms with E-state index in [1.807, 2.05) is 0 Å². The third-order valence-corrected chi connectivity index (χ3v) is 4.15. The van der Waals surface area contributed by atoms with Gasteiger partial charge in [0, 0.05) is 17.2 Å². The second-order valence-electron chi connectivity index (χ2n) is 4.63. The lowest BCUT2D eigenvalue weighted by atomic mass is 10.1. The molecule has 0 spiro atoms. The minimum atomic E-state index is -0.300. The average molecular weight is 300 g/mol. The minimum absolute atomic E-state index is 0.300. The quantitative estimate of drug-likeness (QED) is 0.816. The van der Waals surface area contributed by atoms with E-state index in [2.05, 4.69) is 42.6 Å². The van der Waals surface area contributed by atoms with E-state index in [0.717, 1.165) is 23.5 Å². The van der Waals surface area contributed by atoms with E-state index in [0.29, 0.717) is 11.3 Å². The Kier molecular flexibility index (Phi) is 5.79. The third kappa shape index (κ3) is 4.59. The van der Waals surface area contributed by atoms with Crippen LogP contribution in [0, 0.1) is 17.1 Å². The number of halogens is 1. The lowest BCUT2D eigenvalue weighted by molar-refractivity contribution is 0.626. The zero-order valence-electron chi connectivity index (χ0n) is 11.9. The number of nitrogens with zero attached hydrogens (tertiary/aromatic N) is 1. The van der Waals surface area contributed by atoms with E-state index in [1.165, 1.54) is 23.8 Å². The lowest BCUT2D eigenvalue weighted by Crippen LogP contribution is -2.11. The van der Waals surface area contributed by atoms with Crippen molar-refractivity contribution >= 4 is 11.8 Å². The van der Waals surface area contributed by atoms with Crippen LogP contribution in [0.4, 0.5) is 4.39 Å². The van der Waals surface area contributed by atoms with Gasteiger partial charge in [-0.1, -0.05) is 19.1 Å². The molecule has 0 aliphatic carbocycles. The zero-order chi connectivity index (χ0) is 15.1. The van der Waals surface area contributed by atoms with Gasteiger partial charge in [-0.15, -0.1) is 11.8 Å². The molecule has 2 rings (SSSR count). The van der Waals surface area contributed by atoms with Crippen LogP contribution in [0.5, 0.6) is 0 Å². The van der Waals surface area contributed by atoms with Crippen LogP contribution < -0.4 is 5.32 Å². The summed E-state index contributed by atoms with van der Waals surface area (Å²) < 4.78 is 13.3. The molecule has 2 aromatic carbocycles. The second-order valence-corrected chi connectivity index (χ2v) is 5.67. The molecule has 0 heterocycles. The molecular weight excluding hydrogens is 283 g/mol. The molecule has 2 aromatic rings. The van der Waals surface area contributed by atoms with Gasteiger partial charge in [-0.2, -0.15) is 5.26 Å². The number of nitriles is 1. The van der Waals surface area contributed by atoms with Crippen molar-refractivity contribution in [1.29, 1.82) is 5.26 Å². The zero-order valence-corrected chi connectivity index (χ0v) is 12.7. The molecule has 0 aromatic heterocycles. The van der Waals surface area contributed by atoms with Crippen molar-refractivity contribution in [3.63, 3.8) is 0 Å². The normalized spacial score (nSPS) is 10.3. The van der Waals surface area contributed by atoms with Crippen molar-refractivity contribution in [2.24, 2.45) is 0 Å². The molecule has 0 atom stereocenters. The van der Waals surface area contributed by atoms with E-state index in [4.69, 9.17) is 5.26 Å². The van der Waals surface area contributed by atoms with Gasteiger partial charge in [-0.3, -0.25) is 0 Å². The average Bonchev–Trinajstić information content (AvgIpc) is 2.52. The number of benzene rings is 2. The van der Waals surface area contributed by atoms with E-state index in [1.54, 1.807) is 11.8 Å². The molecule has 0 fully saturated rings. The van der Waals surface area contributed by atoms with E-state index in [-0.39, 0.29) is 5.82 Å². The molecule has 1 N–H and O–H groups in total. The lowest BCUT2D eigenvalue weighted by Gasteiger charge is -2.06. The summed E-state index contributed by atoms with van der Waals surface area (Å²) in [7, 11) is 0. The Hall–Kier alpha value is -1.83. The summed E-state index contributed by atoms with van der Waals surface area (Å²) in [5.41, 5.74) is 2.51. The van der Waals surface area contributed by atoms with Crippen LogP contribution in [0.3, 0.4) is 0 Å². The largest absolute Gasteiger partial charge is 0.313 e. The van der Waals surface area contributed by atoms with Gasteiger partial charge in [0.15, 0.2) is 0 Å². The first-order chi connectivity index (χ1) is 10.2. The molecule has 0 aliphatic heterocycles. The summed E-state index contributed by atoms with van der Waals surface area (Å²) in [6.07, 6.45) is 0. The molecule has 0 amide bonds. The van der Waals surface area contributed by atoms with Crippen LogP contribution in [-0.4, -0.2) is 6.54 Å². The maximum atomic E-state index is 13.3. The number of nitrogens with one attached hydrogen (secondary N) is 1. The fourth-order valence-corrected chi connectivity index (χ4v) is 2.81. The Morgan fingerprint density at radius 1 is 1.19 bits per heavy atom. The highest BCUT2D eigenvalue weighted by Crippen LogP contribution is 2.25. The summed E-state index contributed by atoms with van der Waals surface area (Å²) in [5.74, 6) is 0.290. The SMILES string of the molecule is CCNCc1ccc(SCc2cc(F)ccc2C#N)cc1. The van der Waals surface area contributed by atoms with Crippen molar-refractivity contribution in [3.8, 4) is 6.07 Å². The second kappa shape index (κ2) is 7.82. The number of hydrogen-bond donors (Lipinski definition) is 1. The van der Waals surface area contributed by atoms with Crippen molar-refractivity contribution in [3.05, 3.63) is 65.0 Å². The van der Waals surface area contributed by atoms with E-state index >= 15 is 0 Å². The van der Waals surface area contributed by atoms with E-state index in [9.17, 15) is 4.39 Å². The maximum Gasteiger partial charge on any atom is 0.123 e. The molecule has 0 aliphatic rings. The Labute approximate surface area is 129 Å². The summed E-state index contributed by atoms with van der Waals surface area (Å²) in [5, 5.41) is 12.3. The van der Waals surface area contributed by atoms with Crippen molar-refractivity contribution in [2.45, 2.75) is 24.1 Å². The third-order valence-electron chi connectivity index (χ3n) is 3.08. The van der Waals surface area contributed by atoms with Gasteiger partial charge in [-0.25, -0.2) is 4.39 Å². The van der Waals surface area contributed by atoms with Crippen molar-refractivity contribution in [1.82, 2.24) is 5.32 Å². The predicted octanol–water partition coefficient (Wildman–Crippen LogP) is 4.10. The molecule has 2 nitrogen and oxygen atoms in total. The van der Waals surface area contributed by atoms with Crippen LogP contribution in [0.2, 0.25) is 0 Å². The van der Waals surface area contributed by atoms with Crippen LogP contribution in [0.1, 0.15) is 23.6 Å². The highest BCUT2D eigenvalue weighted by Gasteiger charge is 2.05. The van der Waals surface area contributed by atoms with Gasteiger partial charge < -0.3 is 5.32 Å². The monoisotopic (exact) mass is 300 g/mol. The molecule has 108 valence electrons. The summed E-state index contributed by atoms with van der Waals surface area (Å²) in [4.78, 5) is 1.11. The van der Waals surface area contributed by atoms with Gasteiger partial charge >= 0.3 is 0 Å². The number of thioether (sulfide) groups is 1. The number of hydrogen-bond acceptors (Lipinski definition) is 3. The molecular formula is C17H17FN2S. The minimum Gasteiger partial charge on any atom is -0.313 e. The standard InChI is InChI=1S/C17H17FN2S/c1-2-20-11-13-3-7-17(8-4-13)21-12-15-9-16(18)6-5-14(15)10-19/h3-9,20H,2,11-12H2,1H3. The first-order valence-electron chi connectivity index (χ1n) is 6.84. The highest BCUT2D eigenvalue weighted by atomic mass is 32.2. The molecule has 4 heteroatoms. The number of rotatable bonds is 6. The van der Waals surface area contributed by atoms with Crippen molar-refractivity contribution < 1.29 is 4.39 Å². The molecule has 0 unspecified atom stereocenters. The van der Waals surface area contributed by atoms with Crippen LogP contribution in [0.25, 0.3) is 0 Å². The fourth-order valence-electron chi connectivity index (χ4n) is 1.92. The Morgan fingerprint density at radius 3 is 2.62 bits per heavy atom. The maximum absolute atomic E-state index is 13.3. The molecule has 0 saturated carbocycles. The van der Waals surface area contributed by atoms with Crippen LogP contribution in [-0.2, 0) is 12.3 Å².